The first kappa shape index (κ1) is 16.8. The summed E-state index contributed by atoms with van der Waals surface area (Å²) in [5.41, 5.74) is 0.855. The van der Waals surface area contributed by atoms with Crippen LogP contribution < -0.4 is 4.90 Å². The van der Waals surface area contributed by atoms with Crippen LogP contribution >= 0.6 is 0 Å². The molecule has 4 rings (SSSR count). The molecule has 2 saturated heterocycles. The van der Waals surface area contributed by atoms with Gasteiger partial charge in [-0.25, -0.2) is 4.98 Å². The summed E-state index contributed by atoms with van der Waals surface area (Å²) >= 11 is 0. The van der Waals surface area contributed by atoms with Crippen molar-refractivity contribution in [3.63, 3.8) is 0 Å². The molecule has 0 aromatic carbocycles. The maximum atomic E-state index is 13.3. The zero-order valence-electron chi connectivity index (χ0n) is 15.1. The molecule has 5 heteroatoms. The van der Waals surface area contributed by atoms with E-state index in [2.05, 4.69) is 26.9 Å². The number of carbonyl (C=O) groups is 1. The third kappa shape index (κ3) is 3.14. The molecule has 1 saturated carbocycles. The number of likely N-dealkylation sites (tertiary alicyclic amines) is 1. The van der Waals surface area contributed by atoms with E-state index in [1.165, 1.54) is 0 Å². The van der Waals surface area contributed by atoms with Crippen LogP contribution in [-0.2, 0) is 4.79 Å². The molecule has 135 valence electrons. The Kier molecular flexibility index (Phi) is 4.44. The molecular formula is C20H28N3O2. The second-order valence-corrected chi connectivity index (χ2v) is 8.10. The van der Waals surface area contributed by atoms with Crippen LogP contribution in [-0.4, -0.2) is 52.7 Å². The van der Waals surface area contributed by atoms with Gasteiger partial charge in [0.25, 0.3) is 0 Å². The van der Waals surface area contributed by atoms with Crippen LogP contribution in [0.25, 0.3) is 0 Å². The molecule has 1 atom stereocenters. The van der Waals surface area contributed by atoms with Gasteiger partial charge in [0.1, 0.15) is 5.82 Å². The topological polar surface area (TPSA) is 56.7 Å². The van der Waals surface area contributed by atoms with Crippen LogP contribution in [0.4, 0.5) is 5.82 Å². The zero-order valence-corrected chi connectivity index (χ0v) is 15.1. The molecule has 25 heavy (non-hydrogen) atoms. The average Bonchev–Trinajstić information content (AvgIpc) is 2.92. The Labute approximate surface area is 150 Å². The minimum Gasteiger partial charge on any atom is -0.393 e. The largest absolute Gasteiger partial charge is 0.393 e. The Hall–Kier alpha value is -1.62. The van der Waals surface area contributed by atoms with Crippen LogP contribution in [0.5, 0.6) is 0 Å². The first-order chi connectivity index (χ1) is 12.1. The Morgan fingerprint density at radius 2 is 2.04 bits per heavy atom. The number of pyridine rings is 1. The third-order valence-electron chi connectivity index (χ3n) is 6.39. The fourth-order valence-electron chi connectivity index (χ4n) is 4.92. The molecule has 3 fully saturated rings. The van der Waals surface area contributed by atoms with Crippen molar-refractivity contribution in [2.75, 3.05) is 24.5 Å². The van der Waals surface area contributed by atoms with Gasteiger partial charge in [0.2, 0.25) is 5.91 Å². The van der Waals surface area contributed by atoms with E-state index in [9.17, 15) is 9.90 Å². The predicted molar refractivity (Wildman–Crippen MR) is 96.3 cm³/mol. The molecule has 2 aliphatic heterocycles. The Morgan fingerprint density at radius 3 is 2.80 bits per heavy atom. The van der Waals surface area contributed by atoms with Gasteiger partial charge in [0, 0.05) is 37.9 Å². The molecule has 1 spiro atoms. The number of anilines is 1. The molecule has 3 aliphatic rings. The summed E-state index contributed by atoms with van der Waals surface area (Å²) in [6.45, 7) is 4.67. The van der Waals surface area contributed by atoms with Gasteiger partial charge in [0.15, 0.2) is 0 Å². The van der Waals surface area contributed by atoms with Crippen molar-refractivity contribution in [3.8, 4) is 0 Å². The van der Waals surface area contributed by atoms with Crippen molar-refractivity contribution in [1.29, 1.82) is 0 Å². The first-order valence-corrected chi connectivity index (χ1v) is 9.66. The number of piperidine rings is 1. The highest BCUT2D eigenvalue weighted by molar-refractivity contribution is 5.86. The zero-order chi connectivity index (χ0) is 17.4. The van der Waals surface area contributed by atoms with Crippen molar-refractivity contribution in [1.82, 2.24) is 9.88 Å². The van der Waals surface area contributed by atoms with Gasteiger partial charge in [-0.05, 0) is 63.5 Å². The summed E-state index contributed by atoms with van der Waals surface area (Å²) in [7, 11) is 0. The number of nitrogens with zero attached hydrogens (tertiary/aromatic N) is 3. The summed E-state index contributed by atoms with van der Waals surface area (Å²) in [6, 6.07) is 5.50. The highest BCUT2D eigenvalue weighted by atomic mass is 16.3. The SMILES string of the molecule is Cc1[c]cnc(N2CCC[C@@]3(CCN([C@H]4CC[C@H](O)CC4)C3=O)C2)c1. The lowest BCUT2D eigenvalue weighted by atomic mass is 9.78. The van der Waals surface area contributed by atoms with Gasteiger partial charge in [-0.3, -0.25) is 4.79 Å². The molecular weight excluding hydrogens is 314 g/mol. The van der Waals surface area contributed by atoms with Crippen molar-refractivity contribution in [2.45, 2.75) is 64.0 Å². The number of amides is 1. The number of carbonyl (C=O) groups excluding carboxylic acids is 1. The van der Waals surface area contributed by atoms with E-state index in [0.717, 1.165) is 76.0 Å². The van der Waals surface area contributed by atoms with E-state index >= 15 is 0 Å². The number of aryl methyl sites for hydroxylation is 1. The number of aromatic nitrogens is 1. The van der Waals surface area contributed by atoms with Gasteiger partial charge in [-0.2, -0.15) is 0 Å². The minimum atomic E-state index is -0.233. The molecule has 1 radical (unpaired) electrons. The van der Waals surface area contributed by atoms with E-state index in [4.69, 9.17) is 0 Å². The summed E-state index contributed by atoms with van der Waals surface area (Å²) in [6.07, 6.45) is 8.12. The van der Waals surface area contributed by atoms with Crippen molar-refractivity contribution in [3.05, 3.63) is 23.9 Å². The number of hydrogen-bond donors (Lipinski definition) is 1. The monoisotopic (exact) mass is 342 g/mol. The van der Waals surface area contributed by atoms with Crippen molar-refractivity contribution in [2.24, 2.45) is 5.41 Å². The number of rotatable bonds is 2. The van der Waals surface area contributed by atoms with Gasteiger partial charge in [-0.1, -0.05) is 0 Å². The molecule has 3 heterocycles. The van der Waals surface area contributed by atoms with Crippen molar-refractivity contribution >= 4 is 11.7 Å². The lowest BCUT2D eigenvalue weighted by Crippen LogP contribution is -2.50. The van der Waals surface area contributed by atoms with E-state index in [-0.39, 0.29) is 11.5 Å². The lowest BCUT2D eigenvalue weighted by Gasteiger charge is -2.41. The molecule has 5 nitrogen and oxygen atoms in total. The van der Waals surface area contributed by atoms with E-state index in [1.54, 1.807) is 6.20 Å². The molecule has 1 aromatic heterocycles. The number of aliphatic hydroxyl groups excluding tert-OH is 1. The Balaban J connectivity index is 1.49. The molecule has 0 bridgehead atoms. The highest BCUT2D eigenvalue weighted by Crippen LogP contribution is 2.43. The molecule has 1 N–H and O–H groups in total. The second kappa shape index (κ2) is 6.60. The van der Waals surface area contributed by atoms with Crippen LogP contribution in [0, 0.1) is 18.4 Å². The standard InChI is InChI=1S/C20H28N3O2/c1-15-7-10-21-18(13-15)22-11-2-8-20(14-22)9-12-23(19(20)25)16-3-5-17(24)6-4-16/h10,13,16-17,24H,2-6,8-9,11-12,14H2,1H3/t16-,17-,20-/m1/s1. The lowest BCUT2D eigenvalue weighted by molar-refractivity contribution is -0.139. The smallest absolute Gasteiger partial charge is 0.230 e. The summed E-state index contributed by atoms with van der Waals surface area (Å²) in [5.74, 6) is 1.32. The first-order valence-electron chi connectivity index (χ1n) is 9.66. The van der Waals surface area contributed by atoms with Crippen molar-refractivity contribution < 1.29 is 9.90 Å². The minimum absolute atomic E-state index is 0.169. The van der Waals surface area contributed by atoms with Crippen LogP contribution in [0.3, 0.4) is 0 Å². The van der Waals surface area contributed by atoms with E-state index in [0.29, 0.717) is 11.9 Å². The van der Waals surface area contributed by atoms with E-state index in [1.807, 2.05) is 6.92 Å². The highest BCUT2D eigenvalue weighted by Gasteiger charge is 2.50. The van der Waals surface area contributed by atoms with Gasteiger partial charge in [0.05, 0.1) is 11.5 Å². The maximum Gasteiger partial charge on any atom is 0.230 e. The summed E-state index contributed by atoms with van der Waals surface area (Å²) in [5, 5.41) is 9.74. The van der Waals surface area contributed by atoms with Gasteiger partial charge >= 0.3 is 0 Å². The van der Waals surface area contributed by atoms with Crippen LogP contribution in [0.15, 0.2) is 12.3 Å². The van der Waals surface area contributed by atoms with Crippen LogP contribution in [0.2, 0.25) is 0 Å². The third-order valence-corrected chi connectivity index (χ3v) is 6.39. The molecule has 1 aliphatic carbocycles. The van der Waals surface area contributed by atoms with Crippen LogP contribution in [0.1, 0.15) is 50.5 Å². The molecule has 0 unspecified atom stereocenters. The second-order valence-electron chi connectivity index (χ2n) is 8.10. The fraction of sp³-hybridized carbons (Fsp3) is 0.700. The molecule has 1 amide bonds. The summed E-state index contributed by atoms with van der Waals surface area (Å²) < 4.78 is 0. The van der Waals surface area contributed by atoms with Gasteiger partial charge in [-0.15, -0.1) is 0 Å². The Morgan fingerprint density at radius 1 is 1.24 bits per heavy atom. The van der Waals surface area contributed by atoms with E-state index < -0.39 is 0 Å². The summed E-state index contributed by atoms with van der Waals surface area (Å²) in [4.78, 5) is 22.2. The Bertz CT molecular complexity index is 642. The predicted octanol–water partition coefficient (Wildman–Crippen LogP) is 2.31. The number of aliphatic hydroxyl groups is 1. The molecule has 1 aromatic rings. The fourth-order valence-corrected chi connectivity index (χ4v) is 4.92. The van der Waals surface area contributed by atoms with Gasteiger partial charge < -0.3 is 14.9 Å². The number of hydrogen-bond acceptors (Lipinski definition) is 4. The normalized spacial score (nSPS) is 33.3. The quantitative estimate of drug-likeness (QED) is 0.896. The average molecular weight is 342 g/mol. The maximum absolute atomic E-state index is 13.3.